The Bertz CT molecular complexity index is 596. The van der Waals surface area contributed by atoms with Gasteiger partial charge in [-0.15, -0.1) is 0 Å². The molecule has 1 aromatic carbocycles. The van der Waals surface area contributed by atoms with Crippen LogP contribution in [0.4, 0.5) is 11.4 Å². The van der Waals surface area contributed by atoms with Gasteiger partial charge in [-0.25, -0.2) is 0 Å². The minimum Gasteiger partial charge on any atom is -0.478 e. The Kier molecular flexibility index (Phi) is 3.92. The normalized spacial score (nSPS) is 20.8. The maximum absolute atomic E-state index is 12.6. The van der Waals surface area contributed by atoms with Crippen molar-refractivity contribution in [3.05, 3.63) is 18.2 Å². The number of carbonyl (C=O) groups excluding carboxylic acids is 2. The highest BCUT2D eigenvalue weighted by atomic mass is 16.5. The summed E-state index contributed by atoms with van der Waals surface area (Å²) in [5, 5.41) is 0. The zero-order valence-corrected chi connectivity index (χ0v) is 12.7. The summed E-state index contributed by atoms with van der Waals surface area (Å²) in [6.07, 6.45) is 2.09. The van der Waals surface area contributed by atoms with Crippen molar-refractivity contribution in [2.75, 3.05) is 30.3 Å². The van der Waals surface area contributed by atoms with E-state index in [0.717, 1.165) is 25.9 Å². The van der Waals surface area contributed by atoms with Crippen LogP contribution in [0.15, 0.2) is 18.2 Å². The number of ether oxygens (including phenoxy) is 1. The van der Waals surface area contributed by atoms with E-state index in [4.69, 9.17) is 10.5 Å². The molecule has 6 nitrogen and oxygen atoms in total. The third kappa shape index (κ3) is 2.61. The smallest absolute Gasteiger partial charge is 0.268 e. The first kappa shape index (κ1) is 14.7. The molecule has 3 rings (SSSR count). The molecular formula is C16H21N3O3. The molecule has 0 spiro atoms. The molecule has 1 atom stereocenters. The second kappa shape index (κ2) is 5.87. The van der Waals surface area contributed by atoms with Crippen LogP contribution in [0, 0.1) is 0 Å². The molecule has 6 heteroatoms. The molecule has 0 aliphatic carbocycles. The molecule has 1 aromatic rings. The van der Waals surface area contributed by atoms with E-state index >= 15 is 0 Å². The second-order valence-corrected chi connectivity index (χ2v) is 5.75. The number of nitrogens with zero attached hydrogens (tertiary/aromatic N) is 2. The number of fused-ring (bicyclic) bond motifs is 1. The molecule has 2 heterocycles. The van der Waals surface area contributed by atoms with Crippen LogP contribution in [-0.4, -0.2) is 42.5 Å². The lowest BCUT2D eigenvalue weighted by atomic mass is 10.1. The Balaban J connectivity index is 1.88. The van der Waals surface area contributed by atoms with Crippen LogP contribution in [0.2, 0.25) is 0 Å². The van der Waals surface area contributed by atoms with Crippen molar-refractivity contribution >= 4 is 23.2 Å². The fourth-order valence-electron chi connectivity index (χ4n) is 2.96. The molecular weight excluding hydrogens is 282 g/mol. The number of anilines is 2. The van der Waals surface area contributed by atoms with Crippen molar-refractivity contribution < 1.29 is 14.3 Å². The fraction of sp³-hybridized carbons (Fsp3) is 0.500. The molecule has 0 aromatic heterocycles. The predicted octanol–water partition coefficient (Wildman–Crippen LogP) is 1.40. The van der Waals surface area contributed by atoms with Gasteiger partial charge in [0.2, 0.25) is 5.91 Å². The molecule has 1 saturated heterocycles. The summed E-state index contributed by atoms with van der Waals surface area (Å²) in [4.78, 5) is 28.3. The maximum atomic E-state index is 12.6. The van der Waals surface area contributed by atoms with Crippen LogP contribution in [0.1, 0.15) is 26.2 Å². The summed E-state index contributed by atoms with van der Waals surface area (Å²) in [5.74, 6) is 0.416. The maximum Gasteiger partial charge on any atom is 0.268 e. The van der Waals surface area contributed by atoms with Crippen LogP contribution in [0.25, 0.3) is 0 Å². The number of rotatable bonds is 3. The van der Waals surface area contributed by atoms with Gasteiger partial charge in [-0.05, 0) is 37.5 Å². The van der Waals surface area contributed by atoms with E-state index in [2.05, 4.69) is 0 Å². The van der Waals surface area contributed by atoms with Gasteiger partial charge in [0, 0.05) is 18.8 Å². The van der Waals surface area contributed by atoms with Crippen molar-refractivity contribution in [1.29, 1.82) is 0 Å². The van der Waals surface area contributed by atoms with Crippen LogP contribution < -0.4 is 15.4 Å². The van der Waals surface area contributed by atoms with E-state index in [9.17, 15) is 9.59 Å². The zero-order chi connectivity index (χ0) is 15.7. The van der Waals surface area contributed by atoms with Gasteiger partial charge in [0.1, 0.15) is 12.3 Å². The molecule has 118 valence electrons. The van der Waals surface area contributed by atoms with Gasteiger partial charge in [-0.1, -0.05) is 6.92 Å². The highest BCUT2D eigenvalue weighted by molar-refractivity contribution is 6.04. The van der Waals surface area contributed by atoms with E-state index in [1.165, 1.54) is 4.90 Å². The van der Waals surface area contributed by atoms with E-state index in [-0.39, 0.29) is 18.4 Å². The third-order valence-corrected chi connectivity index (χ3v) is 4.21. The van der Waals surface area contributed by atoms with E-state index in [1.807, 2.05) is 11.8 Å². The van der Waals surface area contributed by atoms with E-state index in [1.54, 1.807) is 18.2 Å². The molecule has 0 saturated carbocycles. The number of carbonyl (C=O) groups is 2. The monoisotopic (exact) mass is 303 g/mol. The average Bonchev–Trinajstić information content (AvgIpc) is 3.04. The van der Waals surface area contributed by atoms with Gasteiger partial charge in [0.15, 0.2) is 6.10 Å². The molecule has 2 aliphatic heterocycles. The van der Waals surface area contributed by atoms with Gasteiger partial charge in [-0.3, -0.25) is 14.5 Å². The van der Waals surface area contributed by atoms with Gasteiger partial charge in [-0.2, -0.15) is 0 Å². The summed E-state index contributed by atoms with van der Waals surface area (Å²) in [5.41, 5.74) is 6.95. The first-order valence-electron chi connectivity index (χ1n) is 7.75. The number of nitrogens with two attached hydrogens (primary N) is 1. The Morgan fingerprint density at radius 3 is 2.77 bits per heavy atom. The predicted molar refractivity (Wildman–Crippen MR) is 83.7 cm³/mol. The highest BCUT2D eigenvalue weighted by Gasteiger charge is 2.35. The lowest BCUT2D eigenvalue weighted by Crippen LogP contribution is -2.50. The van der Waals surface area contributed by atoms with Gasteiger partial charge >= 0.3 is 0 Å². The number of nitrogen functional groups attached to an aromatic ring is 1. The third-order valence-electron chi connectivity index (χ3n) is 4.21. The molecule has 2 aliphatic rings. The average molecular weight is 303 g/mol. The molecule has 1 fully saturated rings. The molecule has 0 radical (unpaired) electrons. The van der Waals surface area contributed by atoms with E-state index < -0.39 is 6.10 Å². The summed E-state index contributed by atoms with van der Waals surface area (Å²) < 4.78 is 5.71. The van der Waals surface area contributed by atoms with Gasteiger partial charge in [0.25, 0.3) is 5.91 Å². The number of likely N-dealkylation sites (tertiary alicyclic amines) is 1. The minimum atomic E-state index is -0.539. The van der Waals surface area contributed by atoms with Gasteiger partial charge in [0.05, 0.1) is 5.69 Å². The van der Waals surface area contributed by atoms with Crippen molar-refractivity contribution in [3.8, 4) is 5.75 Å². The number of amides is 2. The van der Waals surface area contributed by atoms with Gasteiger partial charge < -0.3 is 15.4 Å². The van der Waals surface area contributed by atoms with Crippen molar-refractivity contribution in [1.82, 2.24) is 4.90 Å². The summed E-state index contributed by atoms with van der Waals surface area (Å²) >= 11 is 0. The number of hydrogen-bond acceptors (Lipinski definition) is 4. The van der Waals surface area contributed by atoms with Crippen LogP contribution in [0.5, 0.6) is 5.75 Å². The molecule has 2 amide bonds. The standard InChI is InChI=1S/C16H21N3O3/c1-2-13-16(21)19(10-15(20)18-7-3-4-8-18)12-9-11(17)5-6-14(12)22-13/h5-6,9,13H,2-4,7-8,10,17H2,1H3. The molecule has 22 heavy (non-hydrogen) atoms. The summed E-state index contributed by atoms with van der Waals surface area (Å²) in [7, 11) is 0. The number of benzene rings is 1. The zero-order valence-electron chi connectivity index (χ0n) is 12.7. The SMILES string of the molecule is CCC1Oc2ccc(N)cc2N(CC(=O)N2CCCC2)C1=O. The quantitative estimate of drug-likeness (QED) is 0.856. The van der Waals surface area contributed by atoms with Crippen molar-refractivity contribution in [3.63, 3.8) is 0 Å². The Morgan fingerprint density at radius 2 is 2.09 bits per heavy atom. The largest absolute Gasteiger partial charge is 0.478 e. The minimum absolute atomic E-state index is 0.0176. The Morgan fingerprint density at radius 1 is 1.36 bits per heavy atom. The van der Waals surface area contributed by atoms with E-state index in [0.29, 0.717) is 23.5 Å². The fourth-order valence-corrected chi connectivity index (χ4v) is 2.96. The first-order chi connectivity index (χ1) is 10.6. The molecule has 0 bridgehead atoms. The second-order valence-electron chi connectivity index (χ2n) is 5.75. The summed E-state index contributed by atoms with van der Waals surface area (Å²) in [6.45, 7) is 3.50. The topological polar surface area (TPSA) is 75.9 Å². The van der Waals surface area contributed by atoms with Crippen LogP contribution >= 0.6 is 0 Å². The number of hydrogen-bond donors (Lipinski definition) is 1. The molecule has 2 N–H and O–H groups in total. The summed E-state index contributed by atoms with van der Waals surface area (Å²) in [6, 6.07) is 5.19. The Labute approximate surface area is 129 Å². The van der Waals surface area contributed by atoms with Crippen LogP contribution in [-0.2, 0) is 9.59 Å². The lowest BCUT2D eigenvalue weighted by molar-refractivity contribution is -0.132. The lowest BCUT2D eigenvalue weighted by Gasteiger charge is -2.34. The molecule has 1 unspecified atom stereocenters. The van der Waals surface area contributed by atoms with Crippen molar-refractivity contribution in [2.45, 2.75) is 32.3 Å². The van der Waals surface area contributed by atoms with Crippen LogP contribution in [0.3, 0.4) is 0 Å². The first-order valence-corrected chi connectivity index (χ1v) is 7.75. The Hall–Kier alpha value is -2.24. The highest BCUT2D eigenvalue weighted by Crippen LogP contribution is 2.36. The van der Waals surface area contributed by atoms with Crippen molar-refractivity contribution in [2.24, 2.45) is 0 Å².